The molecule has 0 atom stereocenters. The van der Waals surface area contributed by atoms with Crippen molar-refractivity contribution in [2.45, 2.75) is 6.42 Å². The van der Waals surface area contributed by atoms with Gasteiger partial charge in [0.2, 0.25) is 0 Å². The van der Waals surface area contributed by atoms with Gasteiger partial charge in [-0.05, 0) is 14.1 Å². The predicted molar refractivity (Wildman–Crippen MR) is 52.9 cm³/mol. The molecular formula is C8H13N3OS. The summed E-state index contributed by atoms with van der Waals surface area (Å²) in [7, 11) is 4.01. The van der Waals surface area contributed by atoms with Crippen molar-refractivity contribution in [2.75, 3.05) is 20.6 Å². The number of nitrogens with zero attached hydrogens (tertiary/aromatic N) is 2. The molecule has 1 aromatic heterocycles. The number of thiazole rings is 1. The molecule has 0 aliphatic carbocycles. The molecule has 1 amide bonds. The zero-order valence-electron chi connectivity index (χ0n) is 7.78. The maximum atomic E-state index is 10.7. The third-order valence-electron chi connectivity index (χ3n) is 1.58. The smallest absolute Gasteiger partial charge is 0.268 e. The van der Waals surface area contributed by atoms with Gasteiger partial charge in [0, 0.05) is 18.3 Å². The molecule has 0 aliphatic rings. The van der Waals surface area contributed by atoms with Gasteiger partial charge in [0.15, 0.2) is 0 Å². The number of amides is 1. The third kappa shape index (κ3) is 3.12. The minimum Gasteiger partial charge on any atom is -0.364 e. The first kappa shape index (κ1) is 10.1. The monoisotopic (exact) mass is 199 g/mol. The lowest BCUT2D eigenvalue weighted by Gasteiger charge is -2.06. The Bertz CT molecular complexity index is 295. The zero-order valence-corrected chi connectivity index (χ0v) is 8.60. The Morgan fingerprint density at radius 3 is 2.85 bits per heavy atom. The van der Waals surface area contributed by atoms with Crippen molar-refractivity contribution in [3.05, 3.63) is 16.1 Å². The number of nitrogens with two attached hydrogens (primary N) is 1. The van der Waals surface area contributed by atoms with E-state index in [4.69, 9.17) is 5.73 Å². The Balaban J connectivity index is 2.54. The highest BCUT2D eigenvalue weighted by atomic mass is 32.1. The summed E-state index contributed by atoms with van der Waals surface area (Å²) in [4.78, 5) is 16.9. The van der Waals surface area contributed by atoms with Crippen molar-refractivity contribution < 1.29 is 4.79 Å². The van der Waals surface area contributed by atoms with Crippen molar-refractivity contribution in [1.82, 2.24) is 9.88 Å². The van der Waals surface area contributed by atoms with Crippen molar-refractivity contribution in [3.63, 3.8) is 0 Å². The minimum atomic E-state index is -0.452. The van der Waals surface area contributed by atoms with Crippen LogP contribution in [0, 0.1) is 0 Å². The maximum absolute atomic E-state index is 10.7. The second kappa shape index (κ2) is 4.34. The number of primary amides is 1. The second-order valence-electron chi connectivity index (χ2n) is 3.04. The first-order valence-corrected chi connectivity index (χ1v) is 4.86. The molecule has 0 unspecified atom stereocenters. The third-order valence-corrected chi connectivity index (χ3v) is 2.49. The van der Waals surface area contributed by atoms with Gasteiger partial charge in [-0.2, -0.15) is 0 Å². The Labute approximate surface area is 81.4 Å². The van der Waals surface area contributed by atoms with E-state index < -0.39 is 5.91 Å². The van der Waals surface area contributed by atoms with Gasteiger partial charge in [-0.1, -0.05) is 0 Å². The summed E-state index contributed by atoms with van der Waals surface area (Å²) < 4.78 is 0. The average Bonchev–Trinajstić information content (AvgIpc) is 2.48. The van der Waals surface area contributed by atoms with Crippen LogP contribution in [-0.2, 0) is 6.42 Å². The Hall–Kier alpha value is -0.940. The van der Waals surface area contributed by atoms with Crippen molar-refractivity contribution in [1.29, 1.82) is 0 Å². The predicted octanol–water partition coefficient (Wildman–Crippen LogP) is 0.346. The summed E-state index contributed by atoms with van der Waals surface area (Å²) in [6.07, 6.45) is 0.866. The lowest BCUT2D eigenvalue weighted by atomic mass is 10.4. The van der Waals surface area contributed by atoms with Crippen LogP contribution in [0.3, 0.4) is 0 Å². The summed E-state index contributed by atoms with van der Waals surface area (Å²) in [5, 5.41) is 2.66. The SMILES string of the molecule is CN(C)CCc1nc(C(N)=O)cs1. The lowest BCUT2D eigenvalue weighted by Crippen LogP contribution is -2.15. The molecule has 0 spiro atoms. The normalized spacial score (nSPS) is 10.7. The summed E-state index contributed by atoms with van der Waals surface area (Å²) >= 11 is 1.48. The molecule has 0 radical (unpaired) electrons. The van der Waals surface area contributed by atoms with E-state index in [1.807, 2.05) is 14.1 Å². The maximum Gasteiger partial charge on any atom is 0.268 e. The molecule has 1 rings (SSSR count). The summed E-state index contributed by atoms with van der Waals surface area (Å²) in [5.41, 5.74) is 5.45. The van der Waals surface area contributed by atoms with Gasteiger partial charge in [-0.15, -0.1) is 11.3 Å². The number of carbonyl (C=O) groups excluding carboxylic acids is 1. The molecule has 0 aliphatic heterocycles. The largest absolute Gasteiger partial charge is 0.364 e. The van der Waals surface area contributed by atoms with Crippen LogP contribution in [0.15, 0.2) is 5.38 Å². The number of likely N-dealkylation sites (N-methyl/N-ethyl adjacent to an activating group) is 1. The molecule has 4 nitrogen and oxygen atoms in total. The number of carbonyl (C=O) groups is 1. The van der Waals surface area contributed by atoms with Gasteiger partial charge in [-0.25, -0.2) is 4.98 Å². The van der Waals surface area contributed by atoms with Crippen LogP contribution in [0.4, 0.5) is 0 Å². The van der Waals surface area contributed by atoms with Gasteiger partial charge in [0.25, 0.3) is 5.91 Å². The molecule has 0 saturated carbocycles. The van der Waals surface area contributed by atoms with Crippen LogP contribution >= 0.6 is 11.3 Å². The van der Waals surface area contributed by atoms with Crippen LogP contribution in [0.25, 0.3) is 0 Å². The quantitative estimate of drug-likeness (QED) is 0.761. The molecule has 0 fully saturated rings. The van der Waals surface area contributed by atoms with Crippen molar-refractivity contribution >= 4 is 17.2 Å². The van der Waals surface area contributed by atoms with Gasteiger partial charge in [-0.3, -0.25) is 4.79 Å². The molecule has 2 N–H and O–H groups in total. The number of hydrogen-bond donors (Lipinski definition) is 1. The Kier molecular flexibility index (Phi) is 3.39. The number of aromatic nitrogens is 1. The molecule has 13 heavy (non-hydrogen) atoms. The second-order valence-corrected chi connectivity index (χ2v) is 3.99. The Morgan fingerprint density at radius 2 is 2.38 bits per heavy atom. The highest BCUT2D eigenvalue weighted by Gasteiger charge is 2.06. The average molecular weight is 199 g/mol. The Morgan fingerprint density at radius 1 is 1.69 bits per heavy atom. The van der Waals surface area contributed by atoms with E-state index in [-0.39, 0.29) is 0 Å². The zero-order chi connectivity index (χ0) is 9.84. The van der Waals surface area contributed by atoms with E-state index >= 15 is 0 Å². The van der Waals surface area contributed by atoms with Gasteiger partial charge < -0.3 is 10.6 Å². The number of hydrogen-bond acceptors (Lipinski definition) is 4. The highest BCUT2D eigenvalue weighted by Crippen LogP contribution is 2.09. The van der Waals surface area contributed by atoms with E-state index in [0.29, 0.717) is 5.69 Å². The topological polar surface area (TPSA) is 59.2 Å². The van der Waals surface area contributed by atoms with Crippen LogP contribution in [0.1, 0.15) is 15.5 Å². The van der Waals surface area contributed by atoms with E-state index in [2.05, 4.69) is 9.88 Å². The summed E-state index contributed by atoms with van der Waals surface area (Å²) in [6, 6.07) is 0. The minimum absolute atomic E-state index is 0.374. The molecule has 1 aromatic rings. The first-order valence-electron chi connectivity index (χ1n) is 3.98. The standard InChI is InChI=1S/C8H13N3OS/c1-11(2)4-3-7-10-6(5-13-7)8(9)12/h5H,3-4H2,1-2H3,(H2,9,12). The summed E-state index contributed by atoms with van der Waals surface area (Å²) in [5.74, 6) is -0.452. The van der Waals surface area contributed by atoms with Crippen LogP contribution in [0.2, 0.25) is 0 Å². The first-order chi connectivity index (χ1) is 6.09. The van der Waals surface area contributed by atoms with Gasteiger partial charge in [0.1, 0.15) is 5.69 Å². The summed E-state index contributed by atoms with van der Waals surface area (Å²) in [6.45, 7) is 0.936. The molecule has 0 saturated heterocycles. The van der Waals surface area contributed by atoms with E-state index in [9.17, 15) is 4.79 Å². The number of rotatable bonds is 4. The fourth-order valence-corrected chi connectivity index (χ4v) is 1.63. The molecule has 5 heteroatoms. The van der Waals surface area contributed by atoms with E-state index in [1.54, 1.807) is 5.38 Å². The van der Waals surface area contributed by atoms with Crippen LogP contribution in [0.5, 0.6) is 0 Å². The lowest BCUT2D eigenvalue weighted by molar-refractivity contribution is 0.0996. The van der Waals surface area contributed by atoms with Gasteiger partial charge >= 0.3 is 0 Å². The van der Waals surface area contributed by atoms with E-state index in [0.717, 1.165) is 18.0 Å². The fraction of sp³-hybridized carbons (Fsp3) is 0.500. The highest BCUT2D eigenvalue weighted by molar-refractivity contribution is 7.09. The molecular weight excluding hydrogens is 186 g/mol. The van der Waals surface area contributed by atoms with Crippen LogP contribution < -0.4 is 5.73 Å². The van der Waals surface area contributed by atoms with Gasteiger partial charge in [0.05, 0.1) is 5.01 Å². The molecule has 72 valence electrons. The van der Waals surface area contributed by atoms with Crippen molar-refractivity contribution in [3.8, 4) is 0 Å². The van der Waals surface area contributed by atoms with E-state index in [1.165, 1.54) is 11.3 Å². The molecule has 0 aromatic carbocycles. The molecule has 1 heterocycles. The fourth-order valence-electron chi connectivity index (χ4n) is 0.858. The van der Waals surface area contributed by atoms with Crippen LogP contribution in [-0.4, -0.2) is 36.4 Å². The van der Waals surface area contributed by atoms with Crippen molar-refractivity contribution in [2.24, 2.45) is 5.73 Å². The molecule has 0 bridgehead atoms.